The highest BCUT2D eigenvalue weighted by Gasteiger charge is 2.41. The number of methoxy groups -OCH3 is 1. The third-order valence-corrected chi connectivity index (χ3v) is 3.10. The van der Waals surface area contributed by atoms with Crippen molar-refractivity contribution in [1.82, 2.24) is 0 Å². The standard InChI is InChI=1S/C13H12F9NO/c1-24-9-5-6(12(17,18)19)4-7(13(20,21)22)10(9)8(23)2-3-11(14,15)16/h4-5,8H,2-3,23H2,1H3/t8-/m1/s1. The Morgan fingerprint density at radius 2 is 1.50 bits per heavy atom. The maximum Gasteiger partial charge on any atom is 0.416 e. The highest BCUT2D eigenvalue weighted by Crippen LogP contribution is 2.44. The van der Waals surface area contributed by atoms with E-state index in [0.29, 0.717) is 0 Å². The smallest absolute Gasteiger partial charge is 0.416 e. The number of hydrogen-bond acceptors (Lipinski definition) is 2. The predicted octanol–water partition coefficient (Wildman–Crippen LogP) is 5.08. The van der Waals surface area contributed by atoms with Gasteiger partial charge in [0.25, 0.3) is 0 Å². The van der Waals surface area contributed by atoms with Crippen molar-refractivity contribution in [2.45, 2.75) is 37.4 Å². The van der Waals surface area contributed by atoms with E-state index in [2.05, 4.69) is 4.74 Å². The fraction of sp³-hybridized carbons (Fsp3) is 0.538. The Labute approximate surface area is 130 Å². The van der Waals surface area contributed by atoms with Gasteiger partial charge in [-0.25, -0.2) is 0 Å². The van der Waals surface area contributed by atoms with Crippen LogP contribution in [0.1, 0.15) is 35.6 Å². The van der Waals surface area contributed by atoms with Crippen LogP contribution in [0.5, 0.6) is 5.75 Å². The van der Waals surface area contributed by atoms with Crippen LogP contribution in [-0.4, -0.2) is 13.3 Å². The minimum atomic E-state index is -5.25. The molecule has 0 saturated heterocycles. The van der Waals surface area contributed by atoms with Gasteiger partial charge in [-0.3, -0.25) is 0 Å². The number of hydrogen-bond donors (Lipinski definition) is 1. The van der Waals surface area contributed by atoms with Gasteiger partial charge >= 0.3 is 18.5 Å². The molecule has 138 valence electrons. The second-order valence-electron chi connectivity index (χ2n) is 4.90. The molecule has 0 amide bonds. The molecule has 2 N–H and O–H groups in total. The largest absolute Gasteiger partial charge is 0.496 e. The molecule has 0 spiro atoms. The van der Waals surface area contributed by atoms with Crippen LogP contribution in [0.4, 0.5) is 39.5 Å². The molecule has 0 fully saturated rings. The van der Waals surface area contributed by atoms with Gasteiger partial charge in [0.05, 0.1) is 18.2 Å². The molecule has 1 aromatic carbocycles. The van der Waals surface area contributed by atoms with Crippen molar-refractivity contribution < 1.29 is 44.3 Å². The monoisotopic (exact) mass is 369 g/mol. The van der Waals surface area contributed by atoms with Gasteiger partial charge < -0.3 is 10.5 Å². The van der Waals surface area contributed by atoms with Crippen LogP contribution in [0.15, 0.2) is 12.1 Å². The van der Waals surface area contributed by atoms with Crippen LogP contribution >= 0.6 is 0 Å². The van der Waals surface area contributed by atoms with Gasteiger partial charge in [0.15, 0.2) is 0 Å². The normalized spacial score (nSPS) is 14.6. The molecule has 0 aromatic heterocycles. The fourth-order valence-electron chi connectivity index (χ4n) is 2.04. The summed E-state index contributed by atoms with van der Waals surface area (Å²) in [6.45, 7) is 0. The first-order valence-corrected chi connectivity index (χ1v) is 6.35. The number of ether oxygens (including phenoxy) is 1. The molecule has 2 nitrogen and oxygen atoms in total. The van der Waals surface area contributed by atoms with Gasteiger partial charge in [0, 0.05) is 18.0 Å². The summed E-state index contributed by atoms with van der Waals surface area (Å²) in [6, 6.07) is -1.72. The van der Waals surface area contributed by atoms with Gasteiger partial charge in [-0.05, 0) is 18.6 Å². The fourth-order valence-corrected chi connectivity index (χ4v) is 2.04. The van der Waals surface area contributed by atoms with Gasteiger partial charge in [0.2, 0.25) is 0 Å². The topological polar surface area (TPSA) is 35.2 Å². The molecule has 1 atom stereocenters. The summed E-state index contributed by atoms with van der Waals surface area (Å²) in [5.41, 5.74) is 1.02. The Morgan fingerprint density at radius 3 is 1.88 bits per heavy atom. The van der Waals surface area contributed by atoms with Gasteiger partial charge in [-0.2, -0.15) is 39.5 Å². The van der Waals surface area contributed by atoms with Crippen molar-refractivity contribution in [3.8, 4) is 5.75 Å². The molecule has 11 heteroatoms. The summed E-state index contributed by atoms with van der Waals surface area (Å²) < 4.78 is 118. The van der Waals surface area contributed by atoms with Gasteiger partial charge in [-0.1, -0.05) is 0 Å². The third-order valence-electron chi connectivity index (χ3n) is 3.10. The number of rotatable bonds is 4. The van der Waals surface area contributed by atoms with Crippen LogP contribution < -0.4 is 10.5 Å². The van der Waals surface area contributed by atoms with E-state index < -0.39 is 59.9 Å². The first-order valence-electron chi connectivity index (χ1n) is 6.35. The van der Waals surface area contributed by atoms with Crippen LogP contribution in [0.3, 0.4) is 0 Å². The highest BCUT2D eigenvalue weighted by molar-refractivity contribution is 5.48. The van der Waals surface area contributed by atoms with Crippen molar-refractivity contribution in [3.05, 3.63) is 28.8 Å². The van der Waals surface area contributed by atoms with E-state index in [9.17, 15) is 39.5 Å². The first kappa shape index (κ1) is 20.4. The summed E-state index contributed by atoms with van der Waals surface area (Å²) in [6.07, 6.45) is -17.4. The third kappa shape index (κ3) is 5.18. The van der Waals surface area contributed by atoms with E-state index in [0.717, 1.165) is 7.11 Å². The van der Waals surface area contributed by atoms with Crippen LogP contribution in [0.2, 0.25) is 0 Å². The molecule has 0 unspecified atom stereocenters. The van der Waals surface area contributed by atoms with Gasteiger partial charge in [0.1, 0.15) is 5.75 Å². The molecule has 0 aliphatic heterocycles. The zero-order valence-corrected chi connectivity index (χ0v) is 12.0. The molecule has 0 heterocycles. The number of benzene rings is 1. The number of alkyl halides is 9. The minimum Gasteiger partial charge on any atom is -0.496 e. The van der Waals surface area contributed by atoms with E-state index in [1.165, 1.54) is 0 Å². The zero-order chi connectivity index (χ0) is 18.9. The van der Waals surface area contributed by atoms with E-state index in [1.54, 1.807) is 0 Å². The van der Waals surface area contributed by atoms with E-state index in [4.69, 9.17) is 5.73 Å². The van der Waals surface area contributed by atoms with Crippen molar-refractivity contribution >= 4 is 0 Å². The molecule has 1 rings (SSSR count). The maximum absolute atomic E-state index is 13.1. The number of nitrogens with two attached hydrogens (primary N) is 1. The van der Waals surface area contributed by atoms with E-state index in [-0.39, 0.29) is 12.1 Å². The van der Waals surface area contributed by atoms with Crippen molar-refractivity contribution in [1.29, 1.82) is 0 Å². The summed E-state index contributed by atoms with van der Waals surface area (Å²) in [5.74, 6) is -0.869. The lowest BCUT2D eigenvalue weighted by molar-refractivity contribution is -0.143. The average molecular weight is 369 g/mol. The predicted molar refractivity (Wildman–Crippen MR) is 65.2 cm³/mol. The molecule has 0 aliphatic carbocycles. The molecule has 24 heavy (non-hydrogen) atoms. The van der Waals surface area contributed by atoms with Crippen LogP contribution in [0.25, 0.3) is 0 Å². The molecule has 0 saturated carbocycles. The average Bonchev–Trinajstić information content (AvgIpc) is 2.40. The summed E-state index contributed by atoms with van der Waals surface area (Å²) in [7, 11) is 0.801. The number of halogens is 9. The maximum atomic E-state index is 13.1. The lowest BCUT2D eigenvalue weighted by Crippen LogP contribution is -2.22. The summed E-state index contributed by atoms with van der Waals surface area (Å²) >= 11 is 0. The summed E-state index contributed by atoms with van der Waals surface area (Å²) in [5, 5.41) is 0. The van der Waals surface area contributed by atoms with Crippen molar-refractivity contribution in [2.75, 3.05) is 7.11 Å². The SMILES string of the molecule is COc1cc(C(F)(F)F)cc(C(F)(F)F)c1[C@H](N)CCC(F)(F)F. The second-order valence-corrected chi connectivity index (χ2v) is 4.90. The molecular weight excluding hydrogens is 357 g/mol. The lowest BCUT2D eigenvalue weighted by atomic mass is 9.93. The molecular formula is C13H12F9NO. The lowest BCUT2D eigenvalue weighted by Gasteiger charge is -2.23. The molecule has 0 aliphatic rings. The molecule has 0 bridgehead atoms. The Balaban J connectivity index is 3.46. The molecule has 1 aromatic rings. The van der Waals surface area contributed by atoms with Crippen LogP contribution in [0, 0.1) is 0 Å². The zero-order valence-electron chi connectivity index (χ0n) is 12.0. The Kier molecular flexibility index (Phi) is 5.69. The van der Waals surface area contributed by atoms with E-state index >= 15 is 0 Å². The minimum absolute atomic E-state index is 0.189. The highest BCUT2D eigenvalue weighted by atomic mass is 19.4. The van der Waals surface area contributed by atoms with Crippen LogP contribution in [-0.2, 0) is 12.4 Å². The Bertz CT molecular complexity index is 575. The quantitative estimate of drug-likeness (QED) is 0.752. The van der Waals surface area contributed by atoms with Crippen molar-refractivity contribution in [3.63, 3.8) is 0 Å². The molecule has 0 radical (unpaired) electrons. The first-order chi connectivity index (χ1) is 10.7. The van der Waals surface area contributed by atoms with E-state index in [1.807, 2.05) is 0 Å². The Hall–Kier alpha value is -1.65. The van der Waals surface area contributed by atoms with Gasteiger partial charge in [-0.15, -0.1) is 0 Å². The second kappa shape index (κ2) is 6.69. The Morgan fingerprint density at radius 1 is 0.958 bits per heavy atom. The summed E-state index contributed by atoms with van der Waals surface area (Å²) in [4.78, 5) is 0. The van der Waals surface area contributed by atoms with Crippen molar-refractivity contribution in [2.24, 2.45) is 5.73 Å².